The number of rotatable bonds is 3. The zero-order valence-electron chi connectivity index (χ0n) is 9.56. The fraction of sp³-hybridized carbons (Fsp3) is 0.600. The lowest BCUT2D eigenvalue weighted by Crippen LogP contribution is -2.36. The van der Waals surface area contributed by atoms with Crippen LogP contribution in [0, 0.1) is 6.92 Å². The fourth-order valence-corrected chi connectivity index (χ4v) is 4.05. The van der Waals surface area contributed by atoms with E-state index in [0.717, 1.165) is 11.4 Å². The van der Waals surface area contributed by atoms with Gasteiger partial charge >= 0.3 is 6.03 Å². The molecule has 2 heterocycles. The first-order valence-corrected chi connectivity index (χ1v) is 7.62. The number of carbonyl (C=O) groups excluding carboxylic acids is 1. The van der Waals surface area contributed by atoms with E-state index in [1.165, 1.54) is 11.5 Å². The van der Waals surface area contributed by atoms with E-state index >= 15 is 0 Å². The number of hydrogen-bond donors (Lipinski definition) is 2. The molecule has 17 heavy (non-hydrogen) atoms. The molecule has 2 amide bonds. The fourth-order valence-electron chi connectivity index (χ4n) is 1.44. The van der Waals surface area contributed by atoms with Gasteiger partial charge in [-0.15, -0.1) is 0 Å². The van der Waals surface area contributed by atoms with Crippen LogP contribution in [-0.2, 0) is 0 Å². The quantitative estimate of drug-likeness (QED) is 0.881. The number of aryl methyl sites for hydroxylation is 1. The molecule has 0 aromatic carbocycles. The molecule has 1 aromatic heterocycles. The van der Waals surface area contributed by atoms with Gasteiger partial charge in [0.15, 0.2) is 0 Å². The van der Waals surface area contributed by atoms with Crippen molar-refractivity contribution in [1.82, 2.24) is 10.5 Å². The zero-order chi connectivity index (χ0) is 12.1. The van der Waals surface area contributed by atoms with E-state index in [1.54, 1.807) is 6.07 Å². The van der Waals surface area contributed by atoms with Crippen LogP contribution in [0.15, 0.2) is 10.6 Å². The van der Waals surface area contributed by atoms with Crippen molar-refractivity contribution < 1.29 is 9.32 Å². The summed E-state index contributed by atoms with van der Waals surface area (Å²) < 4.78 is 4.90. The summed E-state index contributed by atoms with van der Waals surface area (Å²) in [6.45, 7) is 2.50. The number of nitrogens with one attached hydrogen (secondary N) is 2. The molecule has 0 bridgehead atoms. The molecule has 94 valence electrons. The van der Waals surface area contributed by atoms with E-state index in [4.69, 9.17) is 4.52 Å². The number of carbonyl (C=O) groups is 1. The van der Waals surface area contributed by atoms with Crippen molar-refractivity contribution in [3.05, 3.63) is 11.8 Å². The molecule has 0 spiro atoms. The summed E-state index contributed by atoms with van der Waals surface area (Å²) >= 11 is 3.86. The standard InChI is InChI=1S/C10H15N3O2S2/c1-7-4-9(15-13-7)12-10(14)11-5-8-6-16-2-3-17-8/h4,8H,2-3,5-6H2,1H3,(H2,11,12,14). The van der Waals surface area contributed by atoms with E-state index in [2.05, 4.69) is 15.8 Å². The lowest BCUT2D eigenvalue weighted by molar-refractivity contribution is 0.251. The molecule has 7 heteroatoms. The normalized spacial score (nSPS) is 19.9. The van der Waals surface area contributed by atoms with E-state index in [1.807, 2.05) is 30.4 Å². The Morgan fingerprint density at radius 1 is 1.65 bits per heavy atom. The molecule has 1 aromatic rings. The number of anilines is 1. The van der Waals surface area contributed by atoms with Gasteiger partial charge in [0.1, 0.15) is 0 Å². The van der Waals surface area contributed by atoms with Gasteiger partial charge in [-0.1, -0.05) is 5.16 Å². The van der Waals surface area contributed by atoms with Crippen molar-refractivity contribution in [2.24, 2.45) is 0 Å². The summed E-state index contributed by atoms with van der Waals surface area (Å²) in [6.07, 6.45) is 0. The lowest BCUT2D eigenvalue weighted by Gasteiger charge is -2.20. The third-order valence-corrected chi connectivity index (χ3v) is 5.08. The minimum atomic E-state index is -0.239. The predicted molar refractivity (Wildman–Crippen MR) is 71.8 cm³/mol. The highest BCUT2D eigenvalue weighted by Crippen LogP contribution is 2.23. The molecule has 1 aliphatic heterocycles. The Morgan fingerprint density at radius 2 is 2.53 bits per heavy atom. The molecule has 1 saturated heterocycles. The zero-order valence-corrected chi connectivity index (χ0v) is 11.2. The molecule has 0 aliphatic carbocycles. The smallest absolute Gasteiger partial charge is 0.321 e. The third kappa shape index (κ3) is 4.16. The van der Waals surface area contributed by atoms with Crippen LogP contribution in [0.5, 0.6) is 0 Å². The Labute approximate surface area is 108 Å². The van der Waals surface area contributed by atoms with Crippen molar-refractivity contribution in [2.45, 2.75) is 12.2 Å². The van der Waals surface area contributed by atoms with E-state index in [9.17, 15) is 4.79 Å². The minimum Gasteiger partial charge on any atom is -0.338 e. The van der Waals surface area contributed by atoms with Gasteiger partial charge in [-0.2, -0.15) is 23.5 Å². The maximum absolute atomic E-state index is 11.5. The lowest BCUT2D eigenvalue weighted by atomic mass is 10.4. The molecule has 2 rings (SSSR count). The highest BCUT2D eigenvalue weighted by molar-refractivity contribution is 8.06. The van der Waals surface area contributed by atoms with Gasteiger partial charge in [-0.3, -0.25) is 5.32 Å². The predicted octanol–water partition coefficient (Wildman–Crippen LogP) is 1.95. The molecule has 0 radical (unpaired) electrons. The van der Waals surface area contributed by atoms with Crippen molar-refractivity contribution in [1.29, 1.82) is 0 Å². The molecule has 1 atom stereocenters. The Kier molecular flexibility index (Phi) is 4.61. The average molecular weight is 273 g/mol. The van der Waals surface area contributed by atoms with Crippen molar-refractivity contribution in [2.75, 3.05) is 29.1 Å². The van der Waals surface area contributed by atoms with Crippen molar-refractivity contribution in [3.8, 4) is 0 Å². The first-order chi connectivity index (χ1) is 8.24. The second-order valence-electron chi connectivity index (χ2n) is 3.74. The first-order valence-electron chi connectivity index (χ1n) is 5.41. The van der Waals surface area contributed by atoms with Crippen LogP contribution < -0.4 is 10.6 Å². The molecule has 1 unspecified atom stereocenters. The second kappa shape index (κ2) is 6.20. The van der Waals surface area contributed by atoms with Gasteiger partial charge in [-0.25, -0.2) is 4.79 Å². The van der Waals surface area contributed by atoms with Crippen LogP contribution in [0.3, 0.4) is 0 Å². The molecule has 2 N–H and O–H groups in total. The molecule has 5 nitrogen and oxygen atoms in total. The highest BCUT2D eigenvalue weighted by atomic mass is 32.2. The number of urea groups is 1. The van der Waals surface area contributed by atoms with E-state index in [0.29, 0.717) is 17.7 Å². The number of amides is 2. The summed E-state index contributed by atoms with van der Waals surface area (Å²) in [7, 11) is 0. The Bertz CT molecular complexity index is 377. The van der Waals surface area contributed by atoms with Gasteiger partial charge in [-0.05, 0) is 6.92 Å². The van der Waals surface area contributed by atoms with Gasteiger partial charge in [0.2, 0.25) is 5.88 Å². The van der Waals surface area contributed by atoms with Gasteiger partial charge in [0.05, 0.1) is 5.69 Å². The largest absolute Gasteiger partial charge is 0.338 e. The number of thioether (sulfide) groups is 2. The summed E-state index contributed by atoms with van der Waals surface area (Å²) in [5.74, 6) is 3.86. The van der Waals surface area contributed by atoms with E-state index in [-0.39, 0.29) is 6.03 Å². The van der Waals surface area contributed by atoms with Crippen LogP contribution in [-0.4, -0.2) is 40.2 Å². The maximum atomic E-state index is 11.5. The summed E-state index contributed by atoms with van der Waals surface area (Å²) in [5.41, 5.74) is 0.750. The topological polar surface area (TPSA) is 67.2 Å². The number of aromatic nitrogens is 1. The molecular weight excluding hydrogens is 258 g/mol. The SMILES string of the molecule is Cc1cc(NC(=O)NCC2CSCCS2)on1. The van der Waals surface area contributed by atoms with Crippen LogP contribution in [0.1, 0.15) is 5.69 Å². The van der Waals surface area contributed by atoms with E-state index < -0.39 is 0 Å². The molecule has 1 fully saturated rings. The molecule has 1 aliphatic rings. The Hall–Kier alpha value is -0.820. The monoisotopic (exact) mass is 273 g/mol. The number of hydrogen-bond acceptors (Lipinski definition) is 5. The second-order valence-corrected chi connectivity index (χ2v) is 6.29. The van der Waals surface area contributed by atoms with Crippen LogP contribution in [0.4, 0.5) is 10.7 Å². The highest BCUT2D eigenvalue weighted by Gasteiger charge is 2.15. The molecular formula is C10H15N3O2S2. The van der Waals surface area contributed by atoms with Crippen LogP contribution >= 0.6 is 23.5 Å². The Balaban J connectivity index is 1.70. The maximum Gasteiger partial charge on any atom is 0.321 e. The first kappa shape index (κ1) is 12.6. The molecule has 0 saturated carbocycles. The van der Waals surface area contributed by atoms with Crippen LogP contribution in [0.2, 0.25) is 0 Å². The van der Waals surface area contributed by atoms with Crippen molar-refractivity contribution in [3.63, 3.8) is 0 Å². The van der Waals surface area contributed by atoms with Crippen molar-refractivity contribution >= 4 is 35.4 Å². The number of nitrogens with zero attached hydrogens (tertiary/aromatic N) is 1. The van der Waals surface area contributed by atoms with Crippen LogP contribution in [0.25, 0.3) is 0 Å². The summed E-state index contributed by atoms with van der Waals surface area (Å²) in [4.78, 5) is 11.5. The summed E-state index contributed by atoms with van der Waals surface area (Å²) in [6, 6.07) is 1.45. The van der Waals surface area contributed by atoms with Gasteiger partial charge in [0.25, 0.3) is 0 Å². The average Bonchev–Trinajstić information content (AvgIpc) is 2.73. The van der Waals surface area contributed by atoms with Gasteiger partial charge in [0, 0.05) is 35.1 Å². The Morgan fingerprint density at radius 3 is 3.18 bits per heavy atom. The minimum absolute atomic E-state index is 0.239. The third-order valence-electron chi connectivity index (χ3n) is 2.24. The summed E-state index contributed by atoms with van der Waals surface area (Å²) in [5, 5.41) is 9.65. The van der Waals surface area contributed by atoms with Gasteiger partial charge < -0.3 is 9.84 Å².